The molecule has 2 aromatic carbocycles. The fraction of sp³-hybridized carbons (Fsp3) is 0.150. The Morgan fingerprint density at radius 3 is 2.56 bits per heavy atom. The van der Waals surface area contributed by atoms with Crippen molar-refractivity contribution in [3.05, 3.63) is 72.8 Å². The van der Waals surface area contributed by atoms with E-state index in [1.807, 2.05) is 51.1 Å². The van der Waals surface area contributed by atoms with Crippen molar-refractivity contribution in [3.8, 4) is 0 Å². The quantitative estimate of drug-likeness (QED) is 0.483. The lowest BCUT2D eigenvalue weighted by Gasteiger charge is -2.08. The molecule has 0 unspecified atom stereocenters. The number of nitrogens with one attached hydrogen (secondary N) is 1. The molecule has 4 rings (SSSR count). The fourth-order valence-corrected chi connectivity index (χ4v) is 4.36. The summed E-state index contributed by atoms with van der Waals surface area (Å²) in [6.45, 7) is 5.93. The largest absolute Gasteiger partial charge is 0.321 e. The average Bonchev–Trinajstić information content (AvgIpc) is 2.95. The summed E-state index contributed by atoms with van der Waals surface area (Å²) in [5.74, 6) is -0.315. The summed E-state index contributed by atoms with van der Waals surface area (Å²) < 4.78 is 2.51. The Balaban J connectivity index is 1.79. The summed E-state index contributed by atoms with van der Waals surface area (Å²) in [7, 11) is 0. The highest BCUT2D eigenvalue weighted by Gasteiger charge is 2.15. The predicted octanol–water partition coefficient (Wildman–Crippen LogP) is 4.85. The summed E-state index contributed by atoms with van der Waals surface area (Å²) in [6.07, 6.45) is 0. The lowest BCUT2D eigenvalue weighted by Crippen LogP contribution is -2.17. The van der Waals surface area contributed by atoms with Crippen molar-refractivity contribution in [1.29, 1.82) is 0 Å². The maximum Gasteiger partial charge on any atom is 0.266 e. The maximum absolute atomic E-state index is 12.7. The van der Waals surface area contributed by atoms with E-state index in [2.05, 4.69) is 26.2 Å². The molecule has 0 radical (unpaired) electrons. The number of halogens is 1. The second-order valence-electron chi connectivity index (χ2n) is 6.52. The van der Waals surface area contributed by atoms with E-state index < -0.39 is 0 Å². The molecule has 7 heteroatoms. The Labute approximate surface area is 167 Å². The first-order valence-corrected chi connectivity index (χ1v) is 9.95. The highest BCUT2D eigenvalue weighted by molar-refractivity contribution is 9.10. The zero-order valence-electron chi connectivity index (χ0n) is 15.0. The van der Waals surface area contributed by atoms with Gasteiger partial charge in [-0.2, -0.15) is 0 Å². The van der Waals surface area contributed by atoms with Gasteiger partial charge in [0.1, 0.15) is 4.88 Å². The van der Waals surface area contributed by atoms with E-state index >= 15 is 0 Å². The summed E-state index contributed by atoms with van der Waals surface area (Å²) in [6, 6.07) is 10.9. The Morgan fingerprint density at radius 1 is 1.07 bits per heavy atom. The monoisotopic (exact) mass is 441 g/mol. The SMILES string of the molecule is Cc1cc2nc3sc(C(=O)Nc4ccc(Br)cc4C)cc(=O)n3c2cc1C. The average molecular weight is 442 g/mol. The summed E-state index contributed by atoms with van der Waals surface area (Å²) in [4.78, 5) is 30.8. The zero-order chi connectivity index (χ0) is 19.3. The first-order valence-electron chi connectivity index (χ1n) is 8.34. The highest BCUT2D eigenvalue weighted by atomic mass is 79.9. The third-order valence-electron chi connectivity index (χ3n) is 4.58. The molecule has 2 heterocycles. The van der Waals surface area contributed by atoms with Crippen molar-refractivity contribution in [2.45, 2.75) is 20.8 Å². The minimum Gasteiger partial charge on any atom is -0.321 e. The Kier molecular flexibility index (Phi) is 4.36. The van der Waals surface area contributed by atoms with Gasteiger partial charge in [0.2, 0.25) is 0 Å². The summed E-state index contributed by atoms with van der Waals surface area (Å²) >= 11 is 4.61. The third kappa shape index (κ3) is 3.17. The summed E-state index contributed by atoms with van der Waals surface area (Å²) in [5.41, 5.74) is 5.13. The van der Waals surface area contributed by atoms with Gasteiger partial charge >= 0.3 is 0 Å². The minimum atomic E-state index is -0.315. The van der Waals surface area contributed by atoms with Crippen LogP contribution in [0.5, 0.6) is 0 Å². The fourth-order valence-electron chi connectivity index (χ4n) is 2.96. The van der Waals surface area contributed by atoms with Crippen LogP contribution in [0.2, 0.25) is 0 Å². The lowest BCUT2D eigenvalue weighted by atomic mass is 10.1. The zero-order valence-corrected chi connectivity index (χ0v) is 17.4. The second kappa shape index (κ2) is 6.58. The molecule has 0 spiro atoms. The van der Waals surface area contributed by atoms with E-state index in [0.717, 1.165) is 32.2 Å². The minimum absolute atomic E-state index is 0.257. The van der Waals surface area contributed by atoms with Gasteiger partial charge in [-0.25, -0.2) is 4.98 Å². The highest BCUT2D eigenvalue weighted by Crippen LogP contribution is 2.24. The van der Waals surface area contributed by atoms with E-state index in [1.54, 1.807) is 4.40 Å². The van der Waals surface area contributed by atoms with E-state index in [1.165, 1.54) is 17.4 Å². The molecule has 0 bridgehead atoms. The van der Waals surface area contributed by atoms with Crippen LogP contribution in [-0.2, 0) is 0 Å². The number of imidazole rings is 1. The van der Waals surface area contributed by atoms with Gasteiger partial charge < -0.3 is 5.32 Å². The molecule has 0 aliphatic heterocycles. The van der Waals surface area contributed by atoms with E-state index in [4.69, 9.17) is 0 Å². The third-order valence-corrected chi connectivity index (χ3v) is 6.05. The van der Waals surface area contributed by atoms with Crippen molar-refractivity contribution < 1.29 is 4.79 Å². The van der Waals surface area contributed by atoms with Crippen LogP contribution in [0.4, 0.5) is 5.69 Å². The van der Waals surface area contributed by atoms with Crippen molar-refractivity contribution in [3.63, 3.8) is 0 Å². The molecule has 0 saturated heterocycles. The van der Waals surface area contributed by atoms with Gasteiger partial charge in [-0.1, -0.05) is 27.3 Å². The number of anilines is 1. The standard InChI is InChI=1S/C20H16BrN3O2S/c1-10-7-15-16(8-11(10)2)24-18(25)9-17(27-20(24)23-15)19(26)22-14-5-4-13(21)6-12(14)3/h4-9H,1-3H3,(H,22,26). The smallest absolute Gasteiger partial charge is 0.266 e. The topological polar surface area (TPSA) is 63.5 Å². The summed E-state index contributed by atoms with van der Waals surface area (Å²) in [5, 5.41) is 2.87. The number of hydrogen-bond donors (Lipinski definition) is 1. The molecule has 27 heavy (non-hydrogen) atoms. The van der Waals surface area contributed by atoms with E-state index in [-0.39, 0.29) is 11.5 Å². The predicted molar refractivity (Wildman–Crippen MR) is 113 cm³/mol. The molecule has 1 amide bonds. The molecule has 1 N–H and O–H groups in total. The van der Waals surface area contributed by atoms with Crippen LogP contribution in [-0.4, -0.2) is 15.3 Å². The van der Waals surface area contributed by atoms with Crippen LogP contribution in [0.15, 0.2) is 45.7 Å². The number of aromatic nitrogens is 2. The molecule has 2 aromatic heterocycles. The maximum atomic E-state index is 12.7. The number of benzene rings is 2. The molecule has 0 aliphatic carbocycles. The Morgan fingerprint density at radius 2 is 1.81 bits per heavy atom. The number of aryl methyl sites for hydroxylation is 3. The van der Waals surface area contributed by atoms with Crippen LogP contribution in [0.25, 0.3) is 16.0 Å². The van der Waals surface area contributed by atoms with Crippen molar-refractivity contribution in [1.82, 2.24) is 9.38 Å². The van der Waals surface area contributed by atoms with Gasteiger partial charge in [0.15, 0.2) is 4.96 Å². The Hall–Kier alpha value is -2.51. The van der Waals surface area contributed by atoms with Crippen molar-refractivity contribution in [2.75, 3.05) is 5.32 Å². The number of nitrogens with zero attached hydrogens (tertiary/aromatic N) is 2. The molecule has 0 aliphatic rings. The number of hydrogen-bond acceptors (Lipinski definition) is 4. The first-order chi connectivity index (χ1) is 12.8. The molecular weight excluding hydrogens is 426 g/mol. The van der Waals surface area contributed by atoms with Gasteiger partial charge in [0.05, 0.1) is 11.0 Å². The lowest BCUT2D eigenvalue weighted by molar-refractivity contribution is 0.103. The van der Waals surface area contributed by atoms with Crippen LogP contribution >= 0.6 is 27.3 Å². The number of amides is 1. The molecule has 0 saturated carbocycles. The van der Waals surface area contributed by atoms with Gasteiger partial charge in [-0.3, -0.25) is 14.0 Å². The number of carbonyl (C=O) groups excluding carboxylic acids is 1. The van der Waals surface area contributed by atoms with Gasteiger partial charge in [0.25, 0.3) is 11.5 Å². The van der Waals surface area contributed by atoms with Gasteiger partial charge in [-0.05, 0) is 67.8 Å². The molecule has 0 atom stereocenters. The second-order valence-corrected chi connectivity index (χ2v) is 8.44. The van der Waals surface area contributed by atoms with E-state index in [0.29, 0.717) is 15.5 Å². The van der Waals surface area contributed by atoms with Crippen molar-refractivity contribution >= 4 is 54.9 Å². The van der Waals surface area contributed by atoms with Crippen LogP contribution in [0, 0.1) is 20.8 Å². The number of fused-ring (bicyclic) bond motifs is 3. The van der Waals surface area contributed by atoms with Crippen LogP contribution in [0.1, 0.15) is 26.4 Å². The van der Waals surface area contributed by atoms with Crippen LogP contribution < -0.4 is 10.9 Å². The van der Waals surface area contributed by atoms with Gasteiger partial charge in [-0.15, -0.1) is 0 Å². The number of carbonyl (C=O) groups is 1. The molecule has 0 fully saturated rings. The Bertz CT molecular complexity index is 1290. The first kappa shape index (κ1) is 17.9. The normalized spacial score (nSPS) is 11.3. The van der Waals surface area contributed by atoms with Crippen molar-refractivity contribution in [2.24, 2.45) is 0 Å². The van der Waals surface area contributed by atoms with E-state index in [9.17, 15) is 9.59 Å². The number of rotatable bonds is 2. The molecule has 136 valence electrons. The molecular formula is C20H16BrN3O2S. The molecule has 5 nitrogen and oxygen atoms in total. The molecule has 4 aromatic rings. The van der Waals surface area contributed by atoms with Crippen LogP contribution in [0.3, 0.4) is 0 Å². The van der Waals surface area contributed by atoms with Gasteiger partial charge in [0, 0.05) is 16.2 Å².